The molecule has 0 fully saturated rings. The van der Waals surface area contributed by atoms with Gasteiger partial charge in [-0.05, 0) is 61.2 Å². The predicted molar refractivity (Wildman–Crippen MR) is 144 cm³/mol. The van der Waals surface area contributed by atoms with Crippen molar-refractivity contribution in [3.05, 3.63) is 76.9 Å². The number of aliphatic carboxylic acids is 1. The maximum atomic E-state index is 12.9. The Kier molecular flexibility index (Phi) is 10.3. The van der Waals surface area contributed by atoms with Gasteiger partial charge >= 0.3 is 12.1 Å². The second-order valence-corrected chi connectivity index (χ2v) is 10.0. The largest absolute Gasteiger partial charge is 0.481 e. The molecule has 3 rings (SSSR count). The van der Waals surface area contributed by atoms with E-state index in [1.54, 1.807) is 36.4 Å². The first-order valence-electron chi connectivity index (χ1n) is 12.5. The van der Waals surface area contributed by atoms with Gasteiger partial charge in [-0.1, -0.05) is 31.5 Å². The van der Waals surface area contributed by atoms with E-state index in [2.05, 4.69) is 24.1 Å². The van der Waals surface area contributed by atoms with Gasteiger partial charge in [0.25, 0.3) is 0 Å². The first kappa shape index (κ1) is 30.0. The van der Waals surface area contributed by atoms with Crippen molar-refractivity contribution in [2.45, 2.75) is 51.7 Å². The average Bonchev–Trinajstić information content (AvgIpc) is 2.87. The number of nitrogens with zero attached hydrogens (tertiary/aromatic N) is 1. The third kappa shape index (κ3) is 9.28. The van der Waals surface area contributed by atoms with E-state index < -0.39 is 17.7 Å². The summed E-state index contributed by atoms with van der Waals surface area (Å²) in [4.78, 5) is 27.2. The lowest BCUT2D eigenvalue weighted by molar-refractivity contribution is -0.138. The van der Waals surface area contributed by atoms with Crippen molar-refractivity contribution < 1.29 is 32.6 Å². The predicted octanol–water partition coefficient (Wildman–Crippen LogP) is 7.76. The van der Waals surface area contributed by atoms with Crippen molar-refractivity contribution in [2.24, 2.45) is 5.92 Å². The van der Waals surface area contributed by atoms with Gasteiger partial charge in [0.05, 0.1) is 11.6 Å². The third-order valence-corrected chi connectivity index (χ3v) is 6.22. The molecule has 1 aromatic heterocycles. The summed E-state index contributed by atoms with van der Waals surface area (Å²) in [6.45, 7) is 4.49. The molecule has 0 bridgehead atoms. The van der Waals surface area contributed by atoms with Crippen LogP contribution in [0.2, 0.25) is 5.02 Å². The van der Waals surface area contributed by atoms with Crippen LogP contribution < -0.4 is 10.1 Å². The third-order valence-electron chi connectivity index (χ3n) is 5.90. The van der Waals surface area contributed by atoms with Gasteiger partial charge in [0.2, 0.25) is 5.88 Å². The number of benzene rings is 2. The van der Waals surface area contributed by atoms with Crippen LogP contribution in [0.3, 0.4) is 0 Å². The number of rotatable bonds is 13. The van der Waals surface area contributed by atoms with Crippen LogP contribution in [0, 0.1) is 5.92 Å². The van der Waals surface area contributed by atoms with Gasteiger partial charge < -0.3 is 15.2 Å². The second-order valence-electron chi connectivity index (χ2n) is 9.61. The van der Waals surface area contributed by atoms with Crippen molar-refractivity contribution in [1.29, 1.82) is 0 Å². The van der Waals surface area contributed by atoms with Crippen LogP contribution >= 0.6 is 11.6 Å². The zero-order valence-corrected chi connectivity index (χ0v) is 22.4. The van der Waals surface area contributed by atoms with Crippen LogP contribution in [0.5, 0.6) is 5.88 Å². The molecule has 0 saturated carbocycles. The van der Waals surface area contributed by atoms with E-state index in [4.69, 9.17) is 21.4 Å². The smallest absolute Gasteiger partial charge is 0.416 e. The Labute approximate surface area is 230 Å². The van der Waals surface area contributed by atoms with Crippen molar-refractivity contribution in [2.75, 3.05) is 11.9 Å². The molecule has 39 heavy (non-hydrogen) atoms. The van der Waals surface area contributed by atoms with Gasteiger partial charge in [-0.25, -0.2) is 4.98 Å². The van der Waals surface area contributed by atoms with Gasteiger partial charge in [-0.2, -0.15) is 13.2 Å². The molecular formula is C29H30ClF3N2O4. The maximum absolute atomic E-state index is 12.9. The number of ether oxygens (including phenoxy) is 1. The molecule has 0 aliphatic carbocycles. The molecule has 1 atom stereocenters. The van der Waals surface area contributed by atoms with Gasteiger partial charge in [0, 0.05) is 52.5 Å². The number of aromatic nitrogens is 1. The van der Waals surface area contributed by atoms with Crippen molar-refractivity contribution in [1.82, 2.24) is 4.98 Å². The second kappa shape index (κ2) is 13.5. The summed E-state index contributed by atoms with van der Waals surface area (Å²) >= 11 is 6.09. The number of nitrogens with one attached hydrogen (secondary N) is 1. The van der Waals surface area contributed by atoms with Crippen LogP contribution in [0.25, 0.3) is 11.1 Å². The standard InChI is InChI=1S/C29H30ClF3N2O4/c1-18(2)14-23(35-22-10-6-19(7-11-22)26(36)4-3-5-28(37)38)17-39-27-13-8-20(16-34-27)24-12-9-21(15-25(24)30)29(31,32)33/h6-13,15-16,18,23,35H,3-5,14,17H2,1-2H3,(H,37,38)/t23-/m0/s1. The fourth-order valence-corrected chi connectivity index (χ4v) is 4.30. The molecule has 0 spiro atoms. The summed E-state index contributed by atoms with van der Waals surface area (Å²) in [5.74, 6) is -0.287. The Bertz CT molecular complexity index is 1260. The van der Waals surface area contributed by atoms with Crippen LogP contribution in [-0.2, 0) is 11.0 Å². The minimum atomic E-state index is -4.47. The number of halogens is 4. The Hall–Kier alpha value is -3.59. The van der Waals surface area contributed by atoms with E-state index in [1.165, 1.54) is 12.3 Å². The number of hydrogen-bond donors (Lipinski definition) is 2. The fraction of sp³-hybridized carbons (Fsp3) is 0.345. The van der Waals surface area contributed by atoms with E-state index >= 15 is 0 Å². The van der Waals surface area contributed by atoms with E-state index in [-0.39, 0.29) is 29.7 Å². The normalized spacial score (nSPS) is 12.3. The summed E-state index contributed by atoms with van der Waals surface area (Å²) in [6.07, 6.45) is -1.73. The molecule has 0 aliphatic heterocycles. The number of carboxylic acids is 1. The SMILES string of the molecule is CC(C)C[C@@H](COc1ccc(-c2ccc(C(F)(F)F)cc2Cl)cn1)Nc1ccc(C(=O)CCCC(=O)O)cc1. The van der Waals surface area contributed by atoms with E-state index in [0.717, 1.165) is 24.2 Å². The molecule has 0 amide bonds. The highest BCUT2D eigenvalue weighted by Gasteiger charge is 2.31. The highest BCUT2D eigenvalue weighted by atomic mass is 35.5. The Morgan fingerprint density at radius 1 is 1.05 bits per heavy atom. The Morgan fingerprint density at radius 2 is 1.77 bits per heavy atom. The number of alkyl halides is 3. The molecule has 2 aromatic carbocycles. The number of Topliss-reactive ketones (excluding diaryl/α,β-unsaturated/α-hetero) is 1. The minimum absolute atomic E-state index is 0.0190. The van der Waals surface area contributed by atoms with Crippen molar-refractivity contribution in [3.8, 4) is 17.0 Å². The van der Waals surface area contributed by atoms with Crippen molar-refractivity contribution in [3.63, 3.8) is 0 Å². The lowest BCUT2D eigenvalue weighted by Gasteiger charge is -2.22. The molecule has 1 heterocycles. The molecule has 0 unspecified atom stereocenters. The monoisotopic (exact) mass is 562 g/mol. The topological polar surface area (TPSA) is 88.5 Å². The summed E-state index contributed by atoms with van der Waals surface area (Å²) < 4.78 is 44.6. The number of ketones is 1. The van der Waals surface area contributed by atoms with E-state index in [1.807, 2.05) is 0 Å². The zero-order chi connectivity index (χ0) is 28.6. The van der Waals surface area contributed by atoms with Crippen molar-refractivity contribution >= 4 is 29.0 Å². The van der Waals surface area contributed by atoms with Gasteiger partial charge in [-0.3, -0.25) is 9.59 Å². The van der Waals surface area contributed by atoms with Crippen LogP contribution in [0.15, 0.2) is 60.8 Å². The lowest BCUT2D eigenvalue weighted by atomic mass is 10.0. The van der Waals surface area contributed by atoms with Crippen LogP contribution in [-0.4, -0.2) is 34.5 Å². The van der Waals surface area contributed by atoms with E-state index in [0.29, 0.717) is 41.5 Å². The highest BCUT2D eigenvalue weighted by molar-refractivity contribution is 6.33. The molecule has 0 saturated heterocycles. The number of hydrogen-bond acceptors (Lipinski definition) is 5. The Balaban J connectivity index is 1.60. The van der Waals surface area contributed by atoms with Gasteiger partial charge in [0.1, 0.15) is 6.61 Å². The molecular weight excluding hydrogens is 533 g/mol. The fourth-order valence-electron chi connectivity index (χ4n) is 4.01. The molecule has 0 radical (unpaired) electrons. The summed E-state index contributed by atoms with van der Waals surface area (Å²) in [7, 11) is 0. The highest BCUT2D eigenvalue weighted by Crippen LogP contribution is 2.35. The quantitative estimate of drug-likeness (QED) is 0.207. The molecule has 10 heteroatoms. The lowest BCUT2D eigenvalue weighted by Crippen LogP contribution is -2.29. The number of carboxylic acid groups (broad SMARTS) is 1. The maximum Gasteiger partial charge on any atom is 0.416 e. The minimum Gasteiger partial charge on any atom is -0.481 e. The van der Waals surface area contributed by atoms with Gasteiger partial charge in [0.15, 0.2) is 5.78 Å². The van der Waals surface area contributed by atoms with Crippen LogP contribution in [0.1, 0.15) is 55.5 Å². The summed E-state index contributed by atoms with van der Waals surface area (Å²) in [6, 6.07) is 13.5. The first-order chi connectivity index (χ1) is 18.4. The summed E-state index contributed by atoms with van der Waals surface area (Å²) in [5, 5.41) is 12.1. The van der Waals surface area contributed by atoms with Crippen LogP contribution in [0.4, 0.5) is 18.9 Å². The number of anilines is 1. The van der Waals surface area contributed by atoms with E-state index in [9.17, 15) is 22.8 Å². The number of carbonyl (C=O) groups excluding carboxylic acids is 1. The molecule has 0 aliphatic rings. The summed E-state index contributed by atoms with van der Waals surface area (Å²) in [5.41, 5.74) is 1.53. The first-order valence-corrected chi connectivity index (χ1v) is 12.9. The molecule has 208 valence electrons. The molecule has 3 aromatic rings. The zero-order valence-electron chi connectivity index (χ0n) is 21.6. The average molecular weight is 563 g/mol. The molecule has 2 N–H and O–H groups in total. The van der Waals surface area contributed by atoms with Gasteiger partial charge in [-0.15, -0.1) is 0 Å². The number of pyridine rings is 1. The molecule has 6 nitrogen and oxygen atoms in total. The Morgan fingerprint density at radius 3 is 2.33 bits per heavy atom. The number of carbonyl (C=O) groups is 2.